The van der Waals surface area contributed by atoms with Crippen LogP contribution in [0.3, 0.4) is 0 Å². The van der Waals surface area contributed by atoms with Crippen molar-refractivity contribution in [2.75, 3.05) is 54.4 Å². The van der Waals surface area contributed by atoms with E-state index >= 15 is 0 Å². The van der Waals surface area contributed by atoms with Crippen LogP contribution in [-0.2, 0) is 0 Å². The topological polar surface area (TPSA) is 129 Å². The quantitative estimate of drug-likeness (QED) is 0.413. The Kier molecular flexibility index (Phi) is 10.3. The molecule has 0 aromatic carbocycles. The first-order valence-corrected chi connectivity index (χ1v) is 10.9. The second kappa shape index (κ2) is 12.2. The van der Waals surface area contributed by atoms with Gasteiger partial charge in [-0.1, -0.05) is 0 Å². The van der Waals surface area contributed by atoms with Gasteiger partial charge in [0, 0.05) is 78.5 Å². The number of rotatable bonds is 0. The standard InChI is InChI=1S/C20H40N8O4/c1-13-9-25(5)18(30)22-15(3)11-27(7)20(32)24-16(4)12-28(8)19(31)23-14(2)10-26(6)17(29)21-13/h13-16H,9-12H2,1-8H3,(H,21,29)(H,22,30)(H,23,31)(H,24,32). The summed E-state index contributed by atoms with van der Waals surface area (Å²) < 4.78 is 0. The molecule has 12 heteroatoms. The van der Waals surface area contributed by atoms with Crippen LogP contribution < -0.4 is 21.3 Å². The molecule has 4 N–H and O–H groups in total. The van der Waals surface area contributed by atoms with Gasteiger partial charge in [0.05, 0.1) is 0 Å². The third-order valence-corrected chi connectivity index (χ3v) is 5.06. The van der Waals surface area contributed by atoms with E-state index < -0.39 is 0 Å². The SMILES string of the molecule is CC1CN(C)C(=O)NC(C)CN(C)C(=O)NC(C)CN(C)C(=O)NC(C)CN(C)C(=O)N1. The zero-order valence-corrected chi connectivity index (χ0v) is 20.6. The number of hydrogen-bond donors (Lipinski definition) is 4. The molecule has 1 rings (SSSR count). The zero-order chi connectivity index (χ0) is 24.6. The Morgan fingerprint density at radius 2 is 0.625 bits per heavy atom. The highest BCUT2D eigenvalue weighted by Gasteiger charge is 2.22. The lowest BCUT2D eigenvalue weighted by Crippen LogP contribution is -2.55. The van der Waals surface area contributed by atoms with E-state index in [-0.39, 0.29) is 48.3 Å². The van der Waals surface area contributed by atoms with Gasteiger partial charge in [0.1, 0.15) is 0 Å². The van der Waals surface area contributed by atoms with E-state index in [9.17, 15) is 19.2 Å². The summed E-state index contributed by atoms with van der Waals surface area (Å²) in [5.41, 5.74) is 0. The van der Waals surface area contributed by atoms with Crippen LogP contribution in [0, 0.1) is 0 Å². The summed E-state index contributed by atoms with van der Waals surface area (Å²) in [4.78, 5) is 55.8. The van der Waals surface area contributed by atoms with Crippen molar-refractivity contribution in [1.82, 2.24) is 40.9 Å². The van der Waals surface area contributed by atoms with Crippen molar-refractivity contribution >= 4 is 24.1 Å². The summed E-state index contributed by atoms with van der Waals surface area (Å²) in [7, 11) is 6.58. The van der Waals surface area contributed by atoms with Crippen LogP contribution in [-0.4, -0.2) is 122 Å². The van der Waals surface area contributed by atoms with Gasteiger partial charge in [-0.3, -0.25) is 0 Å². The molecule has 8 amide bonds. The number of amides is 8. The predicted octanol–water partition coefficient (Wildman–Crippen LogP) is 0.120. The summed E-state index contributed by atoms with van der Waals surface area (Å²) >= 11 is 0. The Bertz CT molecular complexity index is 564. The molecule has 0 aliphatic carbocycles. The van der Waals surface area contributed by atoms with E-state index in [0.29, 0.717) is 26.2 Å². The van der Waals surface area contributed by atoms with Crippen LogP contribution >= 0.6 is 0 Å². The van der Waals surface area contributed by atoms with Crippen LogP contribution in [0.1, 0.15) is 27.7 Å². The summed E-state index contributed by atoms with van der Waals surface area (Å²) in [5, 5.41) is 11.4. The molecule has 0 bridgehead atoms. The van der Waals surface area contributed by atoms with E-state index in [1.807, 2.05) is 27.7 Å². The van der Waals surface area contributed by atoms with Crippen LogP contribution in [0.4, 0.5) is 19.2 Å². The Morgan fingerprint density at radius 3 is 0.781 bits per heavy atom. The average molecular weight is 457 g/mol. The molecule has 12 nitrogen and oxygen atoms in total. The molecule has 4 unspecified atom stereocenters. The fourth-order valence-corrected chi connectivity index (χ4v) is 3.44. The van der Waals surface area contributed by atoms with Crippen molar-refractivity contribution < 1.29 is 19.2 Å². The Morgan fingerprint density at radius 1 is 0.469 bits per heavy atom. The minimum atomic E-state index is -0.290. The summed E-state index contributed by atoms with van der Waals surface area (Å²) in [6.45, 7) is 8.47. The molecule has 1 fully saturated rings. The van der Waals surface area contributed by atoms with Gasteiger partial charge in [0.2, 0.25) is 0 Å². The van der Waals surface area contributed by atoms with Crippen molar-refractivity contribution in [2.45, 2.75) is 51.9 Å². The minimum absolute atomic E-state index is 0.285. The van der Waals surface area contributed by atoms with Crippen molar-refractivity contribution in [3.05, 3.63) is 0 Å². The molecule has 0 spiro atoms. The maximum atomic E-state index is 12.5. The number of nitrogens with one attached hydrogen (secondary N) is 4. The predicted molar refractivity (Wildman–Crippen MR) is 122 cm³/mol. The van der Waals surface area contributed by atoms with Gasteiger partial charge >= 0.3 is 24.1 Å². The molecule has 0 saturated carbocycles. The van der Waals surface area contributed by atoms with E-state index in [4.69, 9.17) is 0 Å². The van der Waals surface area contributed by atoms with Gasteiger partial charge in [-0.25, -0.2) is 19.2 Å². The van der Waals surface area contributed by atoms with Crippen LogP contribution in [0.2, 0.25) is 0 Å². The molecule has 1 saturated heterocycles. The molecular formula is C20H40N8O4. The number of carbonyl (C=O) groups is 4. The zero-order valence-electron chi connectivity index (χ0n) is 20.6. The second-order valence-electron chi connectivity index (χ2n) is 8.92. The molecule has 1 aliphatic heterocycles. The van der Waals surface area contributed by atoms with Crippen LogP contribution in [0.5, 0.6) is 0 Å². The highest BCUT2D eigenvalue weighted by atomic mass is 16.2. The number of likely N-dealkylation sites (N-methyl/N-ethyl adjacent to an activating group) is 4. The second-order valence-corrected chi connectivity index (χ2v) is 8.92. The molecule has 4 atom stereocenters. The van der Waals surface area contributed by atoms with Gasteiger partial charge in [0.15, 0.2) is 0 Å². The van der Waals surface area contributed by atoms with Gasteiger partial charge < -0.3 is 40.9 Å². The third-order valence-electron chi connectivity index (χ3n) is 5.06. The maximum absolute atomic E-state index is 12.5. The molecule has 32 heavy (non-hydrogen) atoms. The van der Waals surface area contributed by atoms with Crippen molar-refractivity contribution in [2.24, 2.45) is 0 Å². The lowest BCUT2D eigenvalue weighted by molar-refractivity contribution is 0.178. The maximum Gasteiger partial charge on any atom is 0.317 e. The number of urea groups is 4. The van der Waals surface area contributed by atoms with Crippen molar-refractivity contribution in [3.8, 4) is 0 Å². The Hall–Kier alpha value is -2.92. The molecule has 184 valence electrons. The fraction of sp³-hybridized carbons (Fsp3) is 0.800. The largest absolute Gasteiger partial charge is 0.334 e. The molecule has 1 aliphatic rings. The monoisotopic (exact) mass is 456 g/mol. The molecular weight excluding hydrogens is 416 g/mol. The first kappa shape index (κ1) is 27.1. The lowest BCUT2D eigenvalue weighted by atomic mass is 10.3. The van der Waals surface area contributed by atoms with Crippen LogP contribution in [0.15, 0.2) is 0 Å². The van der Waals surface area contributed by atoms with Crippen molar-refractivity contribution in [1.29, 1.82) is 0 Å². The number of hydrogen-bond acceptors (Lipinski definition) is 4. The Balaban J connectivity index is 2.94. The highest BCUT2D eigenvalue weighted by molar-refractivity contribution is 5.77. The minimum Gasteiger partial charge on any atom is -0.334 e. The summed E-state index contributed by atoms with van der Waals surface area (Å²) in [6.07, 6.45) is 0. The fourth-order valence-electron chi connectivity index (χ4n) is 3.44. The summed E-state index contributed by atoms with van der Waals surface area (Å²) in [6, 6.07) is -2.30. The smallest absolute Gasteiger partial charge is 0.317 e. The van der Waals surface area contributed by atoms with E-state index in [0.717, 1.165) is 0 Å². The first-order chi connectivity index (χ1) is 14.8. The number of nitrogens with zero attached hydrogens (tertiary/aromatic N) is 4. The van der Waals surface area contributed by atoms with Gasteiger partial charge in [0.25, 0.3) is 0 Å². The normalized spacial score (nSPS) is 28.5. The average Bonchev–Trinajstić information content (AvgIpc) is 2.66. The van der Waals surface area contributed by atoms with E-state index in [1.165, 1.54) is 19.6 Å². The first-order valence-electron chi connectivity index (χ1n) is 10.9. The molecule has 1 heterocycles. The molecule has 0 aromatic heterocycles. The van der Waals surface area contributed by atoms with Gasteiger partial charge in [-0.05, 0) is 27.7 Å². The highest BCUT2D eigenvalue weighted by Crippen LogP contribution is 1.99. The van der Waals surface area contributed by atoms with Crippen LogP contribution in [0.25, 0.3) is 0 Å². The van der Waals surface area contributed by atoms with Crippen molar-refractivity contribution in [3.63, 3.8) is 0 Å². The van der Waals surface area contributed by atoms with E-state index in [2.05, 4.69) is 21.3 Å². The lowest BCUT2D eigenvalue weighted by Gasteiger charge is -2.30. The molecule has 0 aromatic rings. The summed E-state index contributed by atoms with van der Waals surface area (Å²) in [5.74, 6) is 0. The van der Waals surface area contributed by atoms with E-state index in [1.54, 1.807) is 28.2 Å². The van der Waals surface area contributed by atoms with Gasteiger partial charge in [-0.15, -0.1) is 0 Å². The Labute approximate surface area is 191 Å². The van der Waals surface area contributed by atoms with Gasteiger partial charge in [-0.2, -0.15) is 0 Å². The molecule has 0 radical (unpaired) electrons. The third kappa shape index (κ3) is 9.06. The number of carbonyl (C=O) groups excluding carboxylic acids is 4.